The second-order valence-electron chi connectivity index (χ2n) is 10.1. The highest BCUT2D eigenvalue weighted by molar-refractivity contribution is 8.03. The number of carbonyl (C=O) groups is 3. The number of nitro groups is 2. The van der Waals surface area contributed by atoms with Gasteiger partial charge in [-0.05, 0) is 42.7 Å². The number of nitrogen functional groups attached to an aromatic ring is 1. The number of rotatable bonds is 11. The van der Waals surface area contributed by atoms with E-state index >= 15 is 0 Å². The van der Waals surface area contributed by atoms with Crippen molar-refractivity contribution >= 4 is 47.0 Å². The number of aliphatic carboxylic acids is 1. The third-order valence-corrected chi connectivity index (χ3v) is 8.46. The second-order valence-corrected chi connectivity index (χ2v) is 11.1. The Morgan fingerprint density at radius 1 is 1.04 bits per heavy atom. The lowest BCUT2D eigenvalue weighted by Crippen LogP contribution is -2.64. The molecular weight excluding hydrogens is 612 g/mol. The highest BCUT2D eigenvalue weighted by atomic mass is 32.2. The Balaban J connectivity index is 1.38. The molecule has 232 valence electrons. The molecule has 3 heterocycles. The summed E-state index contributed by atoms with van der Waals surface area (Å²) in [6.07, 6.45) is -0.536. The average Bonchev–Trinajstić information content (AvgIpc) is 3.25. The maximum Gasteiger partial charge on any atom is 0.508 e. The zero-order valence-electron chi connectivity index (χ0n) is 23.3. The van der Waals surface area contributed by atoms with Gasteiger partial charge in [-0.25, -0.2) is 19.6 Å². The molecule has 2 aliphatic heterocycles. The number of nitro benzene ring substituents is 2. The van der Waals surface area contributed by atoms with Gasteiger partial charge in [-0.1, -0.05) is 23.9 Å². The minimum Gasteiger partial charge on any atom is -0.477 e. The zero-order valence-corrected chi connectivity index (χ0v) is 24.2. The minimum atomic E-state index is -1.36. The Bertz CT molecular complexity index is 1720. The van der Waals surface area contributed by atoms with Crippen molar-refractivity contribution in [3.05, 3.63) is 103 Å². The predicted molar refractivity (Wildman–Crippen MR) is 155 cm³/mol. The number of nitrogens with two attached hydrogens (primary N) is 1. The molecular formula is C28H24N6O10S. The molecule has 3 N–H and O–H groups in total. The number of aromatic nitrogens is 2. The van der Waals surface area contributed by atoms with E-state index in [0.717, 1.165) is 16.7 Å². The van der Waals surface area contributed by atoms with Crippen molar-refractivity contribution in [1.82, 2.24) is 14.9 Å². The number of carboxylic acid groups (broad SMARTS) is 1. The molecule has 16 nitrogen and oxygen atoms in total. The van der Waals surface area contributed by atoms with Crippen LogP contribution in [0.25, 0.3) is 0 Å². The van der Waals surface area contributed by atoms with E-state index in [0.29, 0.717) is 11.1 Å². The summed E-state index contributed by atoms with van der Waals surface area (Å²) in [6.45, 7) is 1.24. The number of benzene rings is 2. The van der Waals surface area contributed by atoms with Crippen LogP contribution >= 0.6 is 11.8 Å². The monoisotopic (exact) mass is 636 g/mol. The first kappa shape index (κ1) is 30.9. The Hall–Kier alpha value is -5.58. The van der Waals surface area contributed by atoms with Crippen molar-refractivity contribution < 1.29 is 38.8 Å². The SMILES string of the molecule is CC(OC(=O)OCc1ccc([N+](=O)[O-])cc1)C1C(=O)N2C(C(=O)O)=C(Sc3nccc(N)n3)C(Cc3ccc([N+](=O)[O-])cc3)C12. The van der Waals surface area contributed by atoms with Crippen molar-refractivity contribution in [3.8, 4) is 0 Å². The molecule has 4 unspecified atom stereocenters. The first-order valence-electron chi connectivity index (χ1n) is 13.3. The number of β-lactam (4-membered cyclic amide) rings is 1. The molecule has 0 radical (unpaired) electrons. The van der Waals surface area contributed by atoms with Crippen LogP contribution in [0.5, 0.6) is 0 Å². The Kier molecular flexibility index (Phi) is 8.62. The van der Waals surface area contributed by atoms with E-state index in [4.69, 9.17) is 15.2 Å². The smallest absolute Gasteiger partial charge is 0.477 e. The number of fused-ring (bicyclic) bond motifs is 1. The zero-order chi connectivity index (χ0) is 32.4. The molecule has 0 spiro atoms. The van der Waals surface area contributed by atoms with E-state index in [1.807, 2.05) is 0 Å². The standard InChI is InChI=1S/C28H24N6O10S/c1-14(44-28(38)43-13-16-4-8-18(9-5-16)34(41)42)21-22-19(12-15-2-6-17(7-3-15)33(39)40)24(23(26(36)37)32(22)25(21)35)45-27-30-11-10-20(29)31-27/h2-11,14,19,21-22H,12-13H2,1H3,(H,36,37)(H2,29,30,31). The molecule has 0 bridgehead atoms. The van der Waals surface area contributed by atoms with Gasteiger partial charge < -0.3 is 25.2 Å². The number of anilines is 1. The molecule has 4 atom stereocenters. The quantitative estimate of drug-likeness (QED) is 0.100. The summed E-state index contributed by atoms with van der Waals surface area (Å²) in [5.74, 6) is -3.38. The first-order valence-corrected chi connectivity index (χ1v) is 14.1. The van der Waals surface area contributed by atoms with Crippen LogP contribution in [0.3, 0.4) is 0 Å². The lowest BCUT2D eigenvalue weighted by Gasteiger charge is -2.47. The lowest BCUT2D eigenvalue weighted by molar-refractivity contribution is -0.385. The summed E-state index contributed by atoms with van der Waals surface area (Å²) in [5.41, 5.74) is 6.39. The van der Waals surface area contributed by atoms with Gasteiger partial charge in [0.1, 0.15) is 24.2 Å². The maximum atomic E-state index is 13.4. The average molecular weight is 637 g/mol. The summed E-state index contributed by atoms with van der Waals surface area (Å²) in [6, 6.07) is 11.8. The van der Waals surface area contributed by atoms with Crippen LogP contribution in [-0.4, -0.2) is 60.0 Å². The van der Waals surface area contributed by atoms with Crippen molar-refractivity contribution in [1.29, 1.82) is 0 Å². The van der Waals surface area contributed by atoms with Gasteiger partial charge in [0, 0.05) is 41.3 Å². The highest BCUT2D eigenvalue weighted by Crippen LogP contribution is 2.53. The fourth-order valence-corrected chi connectivity index (χ4v) is 6.44. The molecule has 0 saturated carbocycles. The molecule has 5 rings (SSSR count). The maximum absolute atomic E-state index is 13.4. The summed E-state index contributed by atoms with van der Waals surface area (Å²) in [7, 11) is 0. The number of thioether (sulfide) groups is 1. The van der Waals surface area contributed by atoms with E-state index in [1.165, 1.54) is 55.6 Å². The van der Waals surface area contributed by atoms with Gasteiger partial charge >= 0.3 is 12.1 Å². The van der Waals surface area contributed by atoms with Crippen molar-refractivity contribution in [2.45, 2.75) is 37.3 Å². The Morgan fingerprint density at radius 2 is 1.64 bits per heavy atom. The fraction of sp³-hybridized carbons (Fsp3) is 0.250. The molecule has 3 aromatic rings. The molecule has 1 aromatic heterocycles. The third-order valence-electron chi connectivity index (χ3n) is 7.37. The number of hydrogen-bond acceptors (Lipinski definition) is 13. The predicted octanol–water partition coefficient (Wildman–Crippen LogP) is 3.70. The van der Waals surface area contributed by atoms with Crippen LogP contribution in [0.2, 0.25) is 0 Å². The molecule has 0 aliphatic carbocycles. The molecule has 17 heteroatoms. The van der Waals surface area contributed by atoms with Gasteiger partial charge in [0.25, 0.3) is 11.4 Å². The summed E-state index contributed by atoms with van der Waals surface area (Å²) in [4.78, 5) is 69.1. The molecule has 45 heavy (non-hydrogen) atoms. The van der Waals surface area contributed by atoms with Crippen molar-refractivity contribution in [2.75, 3.05) is 5.73 Å². The van der Waals surface area contributed by atoms with Gasteiger partial charge in [-0.2, -0.15) is 0 Å². The minimum absolute atomic E-state index is 0.123. The number of carboxylic acids is 1. The molecule has 1 saturated heterocycles. The number of carbonyl (C=O) groups excluding carboxylic acids is 2. The van der Waals surface area contributed by atoms with Gasteiger partial charge in [-0.15, -0.1) is 0 Å². The molecule has 2 aromatic carbocycles. The topological polar surface area (TPSA) is 231 Å². The van der Waals surface area contributed by atoms with Crippen LogP contribution in [-0.2, 0) is 32.1 Å². The van der Waals surface area contributed by atoms with Crippen LogP contribution in [0, 0.1) is 32.1 Å². The van der Waals surface area contributed by atoms with Crippen molar-refractivity contribution in [2.24, 2.45) is 11.8 Å². The first-order chi connectivity index (χ1) is 21.4. The number of non-ortho nitro benzene ring substituents is 2. The van der Waals surface area contributed by atoms with Crippen molar-refractivity contribution in [3.63, 3.8) is 0 Å². The van der Waals surface area contributed by atoms with E-state index in [9.17, 15) is 39.7 Å². The lowest BCUT2D eigenvalue weighted by atomic mass is 9.76. The molecule has 1 amide bonds. The van der Waals surface area contributed by atoms with Gasteiger partial charge in [0.2, 0.25) is 5.91 Å². The van der Waals surface area contributed by atoms with Gasteiger partial charge in [0.05, 0.1) is 21.8 Å². The Labute approximate surface area is 258 Å². The summed E-state index contributed by atoms with van der Waals surface area (Å²) < 4.78 is 10.6. The third kappa shape index (κ3) is 6.37. The van der Waals surface area contributed by atoms with Crippen LogP contribution in [0.15, 0.2) is 76.6 Å². The molecule has 2 aliphatic rings. The number of hydrogen-bond donors (Lipinski definition) is 2. The van der Waals surface area contributed by atoms with E-state index < -0.39 is 51.9 Å². The van der Waals surface area contributed by atoms with Gasteiger partial charge in [0.15, 0.2) is 5.16 Å². The van der Waals surface area contributed by atoms with E-state index in [1.54, 1.807) is 12.1 Å². The molecule has 1 fully saturated rings. The van der Waals surface area contributed by atoms with Crippen LogP contribution in [0.4, 0.5) is 22.0 Å². The number of ether oxygens (including phenoxy) is 2. The van der Waals surface area contributed by atoms with E-state index in [2.05, 4.69) is 9.97 Å². The van der Waals surface area contributed by atoms with Crippen LogP contribution in [0.1, 0.15) is 18.1 Å². The summed E-state index contributed by atoms with van der Waals surface area (Å²) >= 11 is 0.943. The normalized spacial score (nSPS) is 19.4. The van der Waals surface area contributed by atoms with Gasteiger partial charge in [-0.3, -0.25) is 25.0 Å². The fourth-order valence-electron chi connectivity index (χ4n) is 5.32. The van der Waals surface area contributed by atoms with Crippen LogP contribution < -0.4 is 5.73 Å². The second kappa shape index (κ2) is 12.6. The Morgan fingerprint density at radius 3 is 2.20 bits per heavy atom. The number of nitrogens with zero attached hydrogens (tertiary/aromatic N) is 5. The highest BCUT2D eigenvalue weighted by Gasteiger charge is 2.62. The number of amides is 1. The van der Waals surface area contributed by atoms with E-state index in [-0.39, 0.29) is 46.0 Å². The largest absolute Gasteiger partial charge is 0.508 e. The summed E-state index contributed by atoms with van der Waals surface area (Å²) in [5, 5.41) is 32.3.